The molecule has 0 saturated heterocycles. The molecule has 0 radical (unpaired) electrons. The molecule has 0 rings (SSSR count). The maximum absolute atomic E-state index is 12.9. The van der Waals surface area contributed by atoms with Gasteiger partial charge in [-0.05, 0) is 135 Å². The minimum atomic E-state index is -4.66. The number of phosphoric acid groups is 1. The lowest BCUT2D eigenvalue weighted by atomic mass is 10.0. The van der Waals surface area contributed by atoms with Crippen LogP contribution in [-0.2, 0) is 32.7 Å². The van der Waals surface area contributed by atoms with Crippen LogP contribution in [0, 0.1) is 0 Å². The van der Waals surface area contributed by atoms with Crippen molar-refractivity contribution in [3.05, 3.63) is 182 Å². The molecule has 0 spiro atoms. The molecule has 0 fully saturated rings. The standard InChI is InChI=1S/C80H130NO8P/c1-6-8-10-12-14-16-18-20-22-24-26-28-30-32-34-35-36-37-38-39-40-41-42-43-44-45-47-49-51-53-55-57-59-61-63-65-67-69-71-73-80(83)89-78(77-88-90(84,85)87-75-74-81(3,4)5)76-86-79(82)72-70-68-66-64-62-60-58-56-54-52-50-48-46-33-31-29-27-25-23-21-19-17-15-13-11-9-7-2/h8-11,14-17,20-23,26-29,32-34,36-37,39-40,42-43,45-47,51,53,78H,6-7,12-13,18-19,24-25,30-31,35,38,41,44,48-50,52,54-77H2,1-5H3/b10-8-,11-9-,16-14-,17-15-,22-20-,23-21-,28-26-,29-27-,34-32-,37-36-,40-39-,43-42-,46-33-,47-45-,53-51-. The number of esters is 2. The lowest BCUT2D eigenvalue weighted by Crippen LogP contribution is -2.37. The first-order chi connectivity index (χ1) is 44.0. The predicted molar refractivity (Wildman–Crippen MR) is 387 cm³/mol. The van der Waals surface area contributed by atoms with Crippen molar-refractivity contribution >= 4 is 19.8 Å². The second-order valence-electron chi connectivity index (χ2n) is 24.1. The van der Waals surface area contributed by atoms with Crippen LogP contribution in [0.1, 0.15) is 258 Å². The predicted octanol–water partition coefficient (Wildman–Crippen LogP) is 22.9. The first kappa shape index (κ1) is 85.1. The maximum atomic E-state index is 12.9. The molecule has 0 aliphatic heterocycles. The Balaban J connectivity index is 4.14. The number of phosphoric ester groups is 1. The van der Waals surface area contributed by atoms with Crippen molar-refractivity contribution in [1.82, 2.24) is 0 Å². The minimum absolute atomic E-state index is 0.0423. The molecule has 2 unspecified atom stereocenters. The molecule has 0 aliphatic carbocycles. The number of quaternary nitrogens is 1. The molecule has 0 amide bonds. The number of carbonyl (C=O) groups excluding carboxylic acids is 2. The average molecular weight is 1260 g/mol. The number of likely N-dealkylation sites (N-methyl/N-ethyl adjacent to an activating group) is 1. The molecule has 0 N–H and O–H groups in total. The fourth-order valence-electron chi connectivity index (χ4n) is 9.06. The van der Waals surface area contributed by atoms with E-state index in [1.165, 1.54) is 70.6 Å². The Morgan fingerprint density at radius 2 is 0.600 bits per heavy atom. The second kappa shape index (κ2) is 68.5. The van der Waals surface area contributed by atoms with E-state index in [9.17, 15) is 19.0 Å². The number of allylic oxidation sites excluding steroid dienone is 30. The summed E-state index contributed by atoms with van der Waals surface area (Å²) in [5.41, 5.74) is 0. The Labute approximate surface area is 552 Å². The highest BCUT2D eigenvalue weighted by molar-refractivity contribution is 7.45. The van der Waals surface area contributed by atoms with Crippen molar-refractivity contribution in [2.24, 2.45) is 0 Å². The molecular weight excluding hydrogens is 1130 g/mol. The van der Waals surface area contributed by atoms with Gasteiger partial charge in [-0.25, -0.2) is 0 Å². The fourth-order valence-corrected chi connectivity index (χ4v) is 9.79. The maximum Gasteiger partial charge on any atom is 0.306 e. The summed E-state index contributed by atoms with van der Waals surface area (Å²) in [5, 5.41) is 0. The number of nitrogens with zero attached hydrogens (tertiary/aromatic N) is 1. The van der Waals surface area contributed by atoms with E-state index in [1.54, 1.807) is 0 Å². The average Bonchev–Trinajstić information content (AvgIpc) is 3.58. The van der Waals surface area contributed by atoms with E-state index in [0.717, 1.165) is 154 Å². The Hall–Kier alpha value is -4.89. The lowest BCUT2D eigenvalue weighted by Gasteiger charge is -2.28. The molecule has 2 atom stereocenters. The number of hydrogen-bond acceptors (Lipinski definition) is 8. The molecule has 0 saturated carbocycles. The number of carbonyl (C=O) groups is 2. The van der Waals surface area contributed by atoms with Gasteiger partial charge in [-0.2, -0.15) is 0 Å². The number of rotatable bonds is 63. The molecular formula is C80H130NO8P. The third-order valence-electron chi connectivity index (χ3n) is 14.4. The van der Waals surface area contributed by atoms with Crippen LogP contribution in [0.3, 0.4) is 0 Å². The molecule has 0 bridgehead atoms. The van der Waals surface area contributed by atoms with Crippen molar-refractivity contribution in [2.45, 2.75) is 264 Å². The van der Waals surface area contributed by atoms with Gasteiger partial charge in [-0.15, -0.1) is 0 Å². The molecule has 90 heavy (non-hydrogen) atoms. The highest BCUT2D eigenvalue weighted by Gasteiger charge is 2.22. The van der Waals surface area contributed by atoms with E-state index in [-0.39, 0.29) is 26.1 Å². The normalized spacial score (nSPS) is 14.2. The summed E-state index contributed by atoms with van der Waals surface area (Å²) < 4.78 is 34.3. The van der Waals surface area contributed by atoms with Gasteiger partial charge in [0.05, 0.1) is 27.7 Å². The number of ether oxygens (including phenoxy) is 2. The summed E-state index contributed by atoms with van der Waals surface area (Å²) in [6, 6.07) is 0. The van der Waals surface area contributed by atoms with E-state index in [1.807, 2.05) is 21.1 Å². The quantitative estimate of drug-likeness (QED) is 0.0195. The molecule has 0 aromatic rings. The Morgan fingerprint density at radius 3 is 0.889 bits per heavy atom. The largest absolute Gasteiger partial charge is 0.756 e. The zero-order valence-corrected chi connectivity index (χ0v) is 58.7. The van der Waals surface area contributed by atoms with Gasteiger partial charge in [0, 0.05) is 12.8 Å². The molecule has 0 aromatic carbocycles. The monoisotopic (exact) mass is 1260 g/mol. The zero-order chi connectivity index (χ0) is 65.5. The van der Waals surface area contributed by atoms with E-state index in [2.05, 4.69) is 196 Å². The Morgan fingerprint density at radius 1 is 0.344 bits per heavy atom. The minimum Gasteiger partial charge on any atom is -0.756 e. The van der Waals surface area contributed by atoms with Crippen LogP contribution in [0.4, 0.5) is 0 Å². The molecule has 10 heteroatoms. The van der Waals surface area contributed by atoms with Crippen molar-refractivity contribution in [3.63, 3.8) is 0 Å². The SMILES string of the molecule is CC/C=C\C/C=C\C/C=C\C/C=C\C/C=C\C/C=C\C/C=C\C/C=C\C/C=C\C/C=C\CCCCCCCCCCC(=O)OC(COC(=O)CCCCCCCCCCCCC/C=C\C/C=C\C/C=C\C/C=C\C/C=C\CC)COP(=O)([O-])OCC[N+](C)(C)C. The Kier molecular flexibility index (Phi) is 64.8. The molecule has 0 aliphatic rings. The van der Waals surface area contributed by atoms with Crippen LogP contribution in [0.15, 0.2) is 182 Å². The Bertz CT molecular complexity index is 2170. The van der Waals surface area contributed by atoms with Gasteiger partial charge in [0.15, 0.2) is 6.10 Å². The molecule has 0 aromatic heterocycles. The van der Waals surface area contributed by atoms with Gasteiger partial charge >= 0.3 is 11.9 Å². The first-order valence-electron chi connectivity index (χ1n) is 35.5. The summed E-state index contributed by atoms with van der Waals surface area (Å²) in [4.78, 5) is 38.1. The summed E-state index contributed by atoms with van der Waals surface area (Å²) in [7, 11) is 1.14. The van der Waals surface area contributed by atoms with Crippen molar-refractivity contribution in [2.75, 3.05) is 47.5 Å². The smallest absolute Gasteiger partial charge is 0.306 e. The van der Waals surface area contributed by atoms with E-state index in [4.69, 9.17) is 18.5 Å². The summed E-state index contributed by atoms with van der Waals surface area (Å²) in [6.07, 6.45) is 105. The number of unbranched alkanes of at least 4 members (excludes halogenated alkanes) is 19. The molecule has 9 nitrogen and oxygen atoms in total. The van der Waals surface area contributed by atoms with Crippen LogP contribution in [0.2, 0.25) is 0 Å². The molecule has 508 valence electrons. The van der Waals surface area contributed by atoms with E-state index in [0.29, 0.717) is 17.4 Å². The first-order valence-corrected chi connectivity index (χ1v) is 37.0. The van der Waals surface area contributed by atoms with Crippen LogP contribution in [0.25, 0.3) is 0 Å². The zero-order valence-electron chi connectivity index (χ0n) is 57.8. The van der Waals surface area contributed by atoms with Gasteiger partial charge < -0.3 is 27.9 Å². The topological polar surface area (TPSA) is 111 Å². The summed E-state index contributed by atoms with van der Waals surface area (Å²) in [5.74, 6) is -0.856. The molecule has 0 heterocycles. The van der Waals surface area contributed by atoms with Crippen LogP contribution in [0.5, 0.6) is 0 Å². The van der Waals surface area contributed by atoms with Crippen LogP contribution < -0.4 is 4.89 Å². The third kappa shape index (κ3) is 72.2. The van der Waals surface area contributed by atoms with Crippen LogP contribution in [-0.4, -0.2) is 70.0 Å². The highest BCUT2D eigenvalue weighted by atomic mass is 31.2. The third-order valence-corrected chi connectivity index (χ3v) is 15.4. The van der Waals surface area contributed by atoms with Gasteiger partial charge in [0.25, 0.3) is 7.82 Å². The van der Waals surface area contributed by atoms with Crippen molar-refractivity contribution in [1.29, 1.82) is 0 Å². The van der Waals surface area contributed by atoms with Gasteiger partial charge in [0.1, 0.15) is 19.8 Å². The van der Waals surface area contributed by atoms with E-state index < -0.39 is 32.5 Å². The highest BCUT2D eigenvalue weighted by Crippen LogP contribution is 2.38. The fraction of sp³-hybridized carbons (Fsp3) is 0.600. The van der Waals surface area contributed by atoms with Gasteiger partial charge in [-0.3, -0.25) is 14.2 Å². The van der Waals surface area contributed by atoms with E-state index >= 15 is 0 Å². The van der Waals surface area contributed by atoms with Gasteiger partial charge in [-0.1, -0.05) is 292 Å². The van der Waals surface area contributed by atoms with Crippen LogP contribution >= 0.6 is 7.82 Å². The summed E-state index contributed by atoms with van der Waals surface area (Å²) in [6.45, 7) is 3.99. The van der Waals surface area contributed by atoms with Crippen molar-refractivity contribution < 1.29 is 42.1 Å². The van der Waals surface area contributed by atoms with Gasteiger partial charge in [0.2, 0.25) is 0 Å². The lowest BCUT2D eigenvalue weighted by molar-refractivity contribution is -0.870. The van der Waals surface area contributed by atoms with Crippen molar-refractivity contribution in [3.8, 4) is 0 Å². The second-order valence-corrected chi connectivity index (χ2v) is 25.5. The number of hydrogen-bond donors (Lipinski definition) is 0. The summed E-state index contributed by atoms with van der Waals surface area (Å²) >= 11 is 0.